The molecule has 3 rings (SSSR count). The van der Waals surface area contributed by atoms with Gasteiger partial charge in [-0.25, -0.2) is 8.78 Å². The number of rotatable bonds is 2. The number of methoxy groups -OCH3 is 1. The zero-order valence-electron chi connectivity index (χ0n) is 13.3. The number of nitrogens with zero attached hydrogens (tertiary/aromatic N) is 1. The van der Waals surface area contributed by atoms with Gasteiger partial charge in [-0.05, 0) is 6.07 Å². The van der Waals surface area contributed by atoms with Crippen LogP contribution < -0.4 is 15.0 Å². The molecular formula is C15H18ClF5N2O2. The van der Waals surface area contributed by atoms with Crippen LogP contribution in [0.15, 0.2) is 6.07 Å². The van der Waals surface area contributed by atoms with Crippen LogP contribution in [0.25, 0.3) is 0 Å². The lowest BCUT2D eigenvalue weighted by atomic mass is 10.0. The van der Waals surface area contributed by atoms with E-state index in [1.165, 1.54) is 12.0 Å². The molecule has 10 heteroatoms. The number of halogens is 6. The second kappa shape index (κ2) is 7.51. The van der Waals surface area contributed by atoms with Crippen LogP contribution in [-0.4, -0.2) is 45.5 Å². The van der Waals surface area contributed by atoms with Crippen molar-refractivity contribution in [3.63, 3.8) is 0 Å². The normalized spacial score (nSPS) is 23.0. The van der Waals surface area contributed by atoms with Crippen LogP contribution in [0.2, 0.25) is 0 Å². The largest absolute Gasteiger partial charge is 0.485 e. The summed E-state index contributed by atoms with van der Waals surface area (Å²) in [6.07, 6.45) is -5.20. The average Bonchev–Trinajstić information content (AvgIpc) is 2.66. The van der Waals surface area contributed by atoms with Crippen molar-refractivity contribution in [2.24, 2.45) is 0 Å². The standard InChI is InChI=1S/C15H17F5N2O2.ClH/c1-23-7-9-4-8-6-21-2-3-22(8)13-12(17)11(16)5-10(14(13)24-9)15(18,19)20;/h5,8-9,21H,2-4,6-7H2,1H3;1H/t8-,9+;/m1./s1. The Kier molecular flexibility index (Phi) is 6.01. The zero-order valence-corrected chi connectivity index (χ0v) is 14.1. The van der Waals surface area contributed by atoms with Crippen LogP contribution in [0.4, 0.5) is 27.6 Å². The molecule has 2 atom stereocenters. The fourth-order valence-electron chi connectivity index (χ4n) is 3.25. The number of benzene rings is 1. The Hall–Kier alpha value is -1.32. The Morgan fingerprint density at radius 2 is 2.08 bits per heavy atom. The fourth-order valence-corrected chi connectivity index (χ4v) is 3.25. The number of piperazine rings is 1. The lowest BCUT2D eigenvalue weighted by molar-refractivity contribution is -0.139. The molecule has 2 aliphatic heterocycles. The summed E-state index contributed by atoms with van der Waals surface area (Å²) in [6, 6.07) is -0.155. The van der Waals surface area contributed by atoms with E-state index in [-0.39, 0.29) is 37.7 Å². The van der Waals surface area contributed by atoms with Gasteiger partial charge in [-0.15, -0.1) is 12.4 Å². The molecule has 0 amide bonds. The predicted molar refractivity (Wildman–Crippen MR) is 83.5 cm³/mol. The smallest absolute Gasteiger partial charge is 0.420 e. The summed E-state index contributed by atoms with van der Waals surface area (Å²) in [5.41, 5.74) is -1.76. The quantitative estimate of drug-likeness (QED) is 0.790. The molecule has 0 saturated carbocycles. The maximum Gasteiger partial charge on any atom is 0.420 e. The van der Waals surface area contributed by atoms with E-state index < -0.39 is 40.9 Å². The van der Waals surface area contributed by atoms with E-state index in [0.717, 1.165) is 0 Å². The van der Waals surface area contributed by atoms with Gasteiger partial charge in [-0.1, -0.05) is 0 Å². The van der Waals surface area contributed by atoms with Crippen LogP contribution in [0.5, 0.6) is 5.75 Å². The zero-order chi connectivity index (χ0) is 17.5. The molecule has 25 heavy (non-hydrogen) atoms. The molecule has 0 unspecified atom stereocenters. The molecule has 2 heterocycles. The summed E-state index contributed by atoms with van der Waals surface area (Å²) in [5.74, 6) is -3.51. The molecule has 1 saturated heterocycles. The van der Waals surface area contributed by atoms with Crippen molar-refractivity contribution < 1.29 is 31.4 Å². The highest BCUT2D eigenvalue weighted by atomic mass is 35.5. The van der Waals surface area contributed by atoms with Gasteiger partial charge in [0.2, 0.25) is 0 Å². The molecule has 1 aromatic rings. The van der Waals surface area contributed by atoms with Crippen LogP contribution in [0, 0.1) is 11.6 Å². The minimum atomic E-state index is -4.86. The molecule has 0 aromatic heterocycles. The van der Waals surface area contributed by atoms with Gasteiger partial charge in [0.05, 0.1) is 6.61 Å². The molecular weight excluding hydrogens is 371 g/mol. The molecule has 4 nitrogen and oxygen atoms in total. The highest BCUT2D eigenvalue weighted by Crippen LogP contribution is 2.47. The second-order valence-corrected chi connectivity index (χ2v) is 5.88. The van der Waals surface area contributed by atoms with E-state index in [9.17, 15) is 22.0 Å². The molecule has 0 spiro atoms. The highest BCUT2D eigenvalue weighted by molar-refractivity contribution is 5.85. The lowest BCUT2D eigenvalue weighted by Crippen LogP contribution is -2.52. The summed E-state index contributed by atoms with van der Waals surface area (Å²) in [7, 11) is 1.40. The molecule has 0 radical (unpaired) electrons. The number of ether oxygens (including phenoxy) is 2. The number of nitrogens with one attached hydrogen (secondary N) is 1. The molecule has 1 aromatic carbocycles. The predicted octanol–water partition coefficient (Wildman–Crippen LogP) is 2.98. The summed E-state index contributed by atoms with van der Waals surface area (Å²) < 4.78 is 78.7. The van der Waals surface area contributed by atoms with Crippen molar-refractivity contribution in [3.8, 4) is 5.75 Å². The third-order valence-corrected chi connectivity index (χ3v) is 4.26. The van der Waals surface area contributed by atoms with E-state index in [0.29, 0.717) is 19.5 Å². The summed E-state index contributed by atoms with van der Waals surface area (Å²) >= 11 is 0. The molecule has 2 aliphatic rings. The second-order valence-electron chi connectivity index (χ2n) is 5.88. The topological polar surface area (TPSA) is 33.7 Å². The first-order valence-corrected chi connectivity index (χ1v) is 7.55. The monoisotopic (exact) mass is 388 g/mol. The van der Waals surface area contributed by atoms with E-state index in [1.54, 1.807) is 0 Å². The maximum atomic E-state index is 14.4. The molecule has 1 N–H and O–H groups in total. The van der Waals surface area contributed by atoms with Crippen molar-refractivity contribution in [1.29, 1.82) is 0 Å². The van der Waals surface area contributed by atoms with Crippen molar-refractivity contribution in [3.05, 3.63) is 23.3 Å². The molecule has 142 valence electrons. The third-order valence-electron chi connectivity index (χ3n) is 4.26. The Morgan fingerprint density at radius 3 is 2.72 bits per heavy atom. The molecule has 1 fully saturated rings. The summed E-state index contributed by atoms with van der Waals surface area (Å²) in [6.45, 7) is 1.22. The van der Waals surface area contributed by atoms with Gasteiger partial charge in [0.15, 0.2) is 17.4 Å². The fraction of sp³-hybridized carbons (Fsp3) is 0.600. The highest BCUT2D eigenvalue weighted by Gasteiger charge is 2.43. The number of hydrogen-bond donors (Lipinski definition) is 1. The van der Waals surface area contributed by atoms with Gasteiger partial charge in [0.25, 0.3) is 0 Å². The minimum absolute atomic E-state index is 0. The van der Waals surface area contributed by atoms with Gasteiger partial charge in [-0.3, -0.25) is 0 Å². The first kappa shape index (κ1) is 20.0. The Morgan fingerprint density at radius 1 is 1.36 bits per heavy atom. The van der Waals surface area contributed by atoms with Crippen molar-refractivity contribution in [2.75, 3.05) is 38.3 Å². The lowest BCUT2D eigenvalue weighted by Gasteiger charge is -2.37. The van der Waals surface area contributed by atoms with E-state index in [1.807, 2.05) is 0 Å². The van der Waals surface area contributed by atoms with Gasteiger partial charge < -0.3 is 19.7 Å². The van der Waals surface area contributed by atoms with Gasteiger partial charge in [0, 0.05) is 39.2 Å². The van der Waals surface area contributed by atoms with Crippen molar-refractivity contribution in [2.45, 2.75) is 24.7 Å². The third kappa shape index (κ3) is 3.78. The number of hydrogen-bond acceptors (Lipinski definition) is 4. The average molecular weight is 389 g/mol. The van der Waals surface area contributed by atoms with Gasteiger partial charge >= 0.3 is 6.18 Å². The van der Waals surface area contributed by atoms with Crippen LogP contribution in [-0.2, 0) is 10.9 Å². The summed E-state index contributed by atoms with van der Waals surface area (Å²) in [5, 5.41) is 3.11. The van der Waals surface area contributed by atoms with Crippen LogP contribution in [0.1, 0.15) is 12.0 Å². The van der Waals surface area contributed by atoms with E-state index >= 15 is 0 Å². The summed E-state index contributed by atoms with van der Waals surface area (Å²) in [4.78, 5) is 1.47. The first-order chi connectivity index (χ1) is 11.3. The first-order valence-electron chi connectivity index (χ1n) is 7.55. The Balaban J connectivity index is 0.00000225. The van der Waals surface area contributed by atoms with Crippen molar-refractivity contribution >= 4 is 18.1 Å². The van der Waals surface area contributed by atoms with Crippen LogP contribution in [0.3, 0.4) is 0 Å². The number of anilines is 1. The Bertz CT molecular complexity index is 629. The van der Waals surface area contributed by atoms with E-state index in [2.05, 4.69) is 5.32 Å². The van der Waals surface area contributed by atoms with E-state index in [4.69, 9.17) is 9.47 Å². The van der Waals surface area contributed by atoms with Gasteiger partial charge in [-0.2, -0.15) is 13.2 Å². The minimum Gasteiger partial charge on any atom is -0.485 e. The SMILES string of the molecule is COC[C@@H]1C[C@@H]2CNCCN2c2c(F)c(F)cc(C(F)(F)F)c2O1.Cl. The maximum absolute atomic E-state index is 14.4. The number of alkyl halides is 3. The van der Waals surface area contributed by atoms with Gasteiger partial charge in [0.1, 0.15) is 17.4 Å². The number of fused-ring (bicyclic) bond motifs is 3. The van der Waals surface area contributed by atoms with Crippen molar-refractivity contribution in [1.82, 2.24) is 5.32 Å². The Labute approximate surface area is 147 Å². The molecule has 0 aliphatic carbocycles. The molecule has 0 bridgehead atoms. The van der Waals surface area contributed by atoms with Crippen LogP contribution >= 0.6 is 12.4 Å².